The van der Waals surface area contributed by atoms with Gasteiger partial charge in [-0.15, -0.1) is 0 Å². The van der Waals surface area contributed by atoms with Crippen molar-refractivity contribution >= 4 is 29.3 Å². The summed E-state index contributed by atoms with van der Waals surface area (Å²) in [5.74, 6) is 1.36. The number of carbonyl (C=O) groups is 1. The quantitative estimate of drug-likeness (QED) is 0.539. The molecule has 2 aliphatic rings. The largest absolute Gasteiger partial charge is 0.467 e. The lowest BCUT2D eigenvalue weighted by molar-refractivity contribution is 0.0656. The maximum absolute atomic E-state index is 13.4. The number of furan rings is 2. The molecular formula is C23H19ClN2O3. The zero-order chi connectivity index (χ0) is 19.8. The van der Waals surface area contributed by atoms with Gasteiger partial charge < -0.3 is 8.83 Å². The summed E-state index contributed by atoms with van der Waals surface area (Å²) in [6.45, 7) is 0. The molecule has 0 bridgehead atoms. The maximum Gasteiger partial charge on any atom is 0.276 e. The van der Waals surface area contributed by atoms with E-state index in [1.54, 1.807) is 35.7 Å². The van der Waals surface area contributed by atoms with Crippen LogP contribution in [-0.4, -0.2) is 16.6 Å². The van der Waals surface area contributed by atoms with E-state index in [2.05, 4.69) is 0 Å². The molecule has 1 aliphatic heterocycles. The Balaban J connectivity index is 1.59. The number of amides is 1. The van der Waals surface area contributed by atoms with Gasteiger partial charge in [-0.3, -0.25) is 4.79 Å². The molecule has 3 heterocycles. The van der Waals surface area contributed by atoms with E-state index in [0.29, 0.717) is 10.6 Å². The number of hydrazone groups is 1. The van der Waals surface area contributed by atoms with Crippen LogP contribution in [0.25, 0.3) is 6.08 Å². The summed E-state index contributed by atoms with van der Waals surface area (Å²) < 4.78 is 11.2. The fourth-order valence-corrected chi connectivity index (χ4v) is 4.43. The molecule has 0 spiro atoms. The molecule has 1 saturated carbocycles. The van der Waals surface area contributed by atoms with Crippen LogP contribution in [0, 0.1) is 5.92 Å². The van der Waals surface area contributed by atoms with Gasteiger partial charge in [0, 0.05) is 5.92 Å². The highest BCUT2D eigenvalue weighted by Gasteiger charge is 2.45. The predicted octanol–water partition coefficient (Wildman–Crippen LogP) is 5.96. The number of hydrogen-bond donors (Lipinski definition) is 0. The van der Waals surface area contributed by atoms with E-state index in [1.165, 1.54) is 0 Å². The molecule has 6 heteroatoms. The van der Waals surface area contributed by atoms with E-state index in [-0.39, 0.29) is 17.9 Å². The summed E-state index contributed by atoms with van der Waals surface area (Å²) in [5.41, 5.74) is 2.46. The number of carbonyl (C=O) groups excluding carboxylic acids is 1. The Morgan fingerprint density at radius 3 is 2.69 bits per heavy atom. The van der Waals surface area contributed by atoms with Crippen molar-refractivity contribution in [3.05, 3.63) is 88.7 Å². The third-order valence-electron chi connectivity index (χ3n) is 5.51. The van der Waals surface area contributed by atoms with Gasteiger partial charge in [-0.05, 0) is 67.3 Å². The van der Waals surface area contributed by atoms with Crippen LogP contribution in [0.1, 0.15) is 47.2 Å². The summed E-state index contributed by atoms with van der Waals surface area (Å²) in [6, 6.07) is 14.3. The topological polar surface area (TPSA) is 59.0 Å². The van der Waals surface area contributed by atoms with E-state index in [4.69, 9.17) is 25.5 Å². The SMILES string of the molecule is O=C(c1ccccc1Cl)N1N=C2/C(=C\c3ccco3)CCC[C@@H]2[C@H]1c1ccco1. The molecule has 5 rings (SSSR count). The molecule has 0 saturated heterocycles. The lowest BCUT2D eigenvalue weighted by atomic mass is 9.79. The van der Waals surface area contributed by atoms with Crippen molar-refractivity contribution in [2.75, 3.05) is 0 Å². The number of halogens is 1. The number of fused-ring (bicyclic) bond motifs is 1. The Hall–Kier alpha value is -3.05. The molecule has 1 aromatic carbocycles. The number of rotatable bonds is 3. The molecule has 1 fully saturated rings. The highest BCUT2D eigenvalue weighted by atomic mass is 35.5. The van der Waals surface area contributed by atoms with Gasteiger partial charge in [0.05, 0.1) is 28.8 Å². The number of hydrogen-bond acceptors (Lipinski definition) is 4. The van der Waals surface area contributed by atoms with Crippen LogP contribution in [0.4, 0.5) is 0 Å². The second-order valence-electron chi connectivity index (χ2n) is 7.26. The van der Waals surface area contributed by atoms with Gasteiger partial charge in [-0.1, -0.05) is 23.7 Å². The van der Waals surface area contributed by atoms with Gasteiger partial charge in [0.2, 0.25) is 0 Å². The molecule has 0 N–H and O–H groups in total. The van der Waals surface area contributed by atoms with Gasteiger partial charge in [0.15, 0.2) is 0 Å². The molecule has 0 unspecified atom stereocenters. The first-order valence-electron chi connectivity index (χ1n) is 9.67. The first kappa shape index (κ1) is 18.0. The summed E-state index contributed by atoms with van der Waals surface area (Å²) in [5, 5.41) is 6.76. The molecule has 2 atom stereocenters. The van der Waals surface area contributed by atoms with Gasteiger partial charge in [0.25, 0.3) is 5.91 Å². The minimum Gasteiger partial charge on any atom is -0.467 e. The predicted molar refractivity (Wildman–Crippen MR) is 111 cm³/mol. The third kappa shape index (κ3) is 3.21. The van der Waals surface area contributed by atoms with E-state index in [0.717, 1.165) is 42.1 Å². The van der Waals surface area contributed by atoms with E-state index < -0.39 is 0 Å². The van der Waals surface area contributed by atoms with Crippen LogP contribution in [-0.2, 0) is 0 Å². The molecule has 146 valence electrons. The van der Waals surface area contributed by atoms with Gasteiger partial charge in [0.1, 0.15) is 17.6 Å². The summed E-state index contributed by atoms with van der Waals surface area (Å²) in [6.07, 6.45) is 8.16. The summed E-state index contributed by atoms with van der Waals surface area (Å²) in [7, 11) is 0. The zero-order valence-corrected chi connectivity index (χ0v) is 16.4. The Bertz CT molecular complexity index is 1080. The number of benzene rings is 1. The highest BCUT2D eigenvalue weighted by Crippen LogP contribution is 2.45. The third-order valence-corrected chi connectivity index (χ3v) is 5.84. The molecule has 2 aromatic heterocycles. The van der Waals surface area contributed by atoms with Crippen LogP contribution in [0.2, 0.25) is 5.02 Å². The van der Waals surface area contributed by atoms with Crippen molar-refractivity contribution in [3.8, 4) is 0 Å². The van der Waals surface area contributed by atoms with Crippen molar-refractivity contribution in [2.45, 2.75) is 25.3 Å². The maximum atomic E-state index is 13.4. The Morgan fingerprint density at radius 2 is 1.93 bits per heavy atom. The normalized spacial score (nSPS) is 22.6. The first-order chi connectivity index (χ1) is 14.2. The molecule has 29 heavy (non-hydrogen) atoms. The van der Waals surface area contributed by atoms with Gasteiger partial charge >= 0.3 is 0 Å². The Morgan fingerprint density at radius 1 is 1.10 bits per heavy atom. The van der Waals surface area contributed by atoms with Crippen LogP contribution in [0.15, 0.2) is 80.6 Å². The lowest BCUT2D eigenvalue weighted by Gasteiger charge is -2.27. The average Bonchev–Trinajstić information content (AvgIpc) is 3.48. The van der Waals surface area contributed by atoms with Gasteiger partial charge in [-0.25, -0.2) is 5.01 Å². The van der Waals surface area contributed by atoms with Crippen molar-refractivity contribution in [1.29, 1.82) is 0 Å². The summed E-state index contributed by atoms with van der Waals surface area (Å²) in [4.78, 5) is 13.4. The van der Waals surface area contributed by atoms with Crippen LogP contribution >= 0.6 is 11.6 Å². The van der Waals surface area contributed by atoms with Crippen molar-refractivity contribution in [2.24, 2.45) is 11.0 Å². The Labute approximate surface area is 173 Å². The second kappa shape index (κ2) is 7.41. The van der Waals surface area contributed by atoms with E-state index in [1.807, 2.05) is 36.4 Å². The van der Waals surface area contributed by atoms with Crippen LogP contribution in [0.3, 0.4) is 0 Å². The monoisotopic (exact) mass is 406 g/mol. The van der Waals surface area contributed by atoms with Crippen molar-refractivity contribution in [3.63, 3.8) is 0 Å². The molecule has 0 radical (unpaired) electrons. The molecular weight excluding hydrogens is 388 g/mol. The van der Waals surface area contributed by atoms with Crippen LogP contribution < -0.4 is 0 Å². The summed E-state index contributed by atoms with van der Waals surface area (Å²) >= 11 is 6.30. The average molecular weight is 407 g/mol. The van der Waals surface area contributed by atoms with Crippen molar-refractivity contribution in [1.82, 2.24) is 5.01 Å². The van der Waals surface area contributed by atoms with E-state index in [9.17, 15) is 4.79 Å². The molecule has 1 aliphatic carbocycles. The van der Waals surface area contributed by atoms with Crippen LogP contribution in [0.5, 0.6) is 0 Å². The number of allylic oxidation sites excluding steroid dienone is 1. The molecule has 3 aromatic rings. The standard InChI is InChI=1S/C23H19ClN2O3/c24-19-10-2-1-8-17(19)23(27)26-22(20-11-5-13-29-20)18-9-3-6-15(21(18)25-26)14-16-7-4-12-28-16/h1-2,4-5,7-8,10-14,18,22H,3,6,9H2/b15-14-/t18-,22-/m0/s1. The first-order valence-corrected chi connectivity index (χ1v) is 10.0. The van der Waals surface area contributed by atoms with Crippen molar-refractivity contribution < 1.29 is 13.6 Å². The molecule has 5 nitrogen and oxygen atoms in total. The molecule has 1 amide bonds. The fourth-order valence-electron chi connectivity index (χ4n) is 4.21. The Kier molecular flexibility index (Phi) is 4.60. The zero-order valence-electron chi connectivity index (χ0n) is 15.6. The highest BCUT2D eigenvalue weighted by molar-refractivity contribution is 6.33. The smallest absolute Gasteiger partial charge is 0.276 e. The minimum absolute atomic E-state index is 0.0718. The minimum atomic E-state index is -0.288. The van der Waals surface area contributed by atoms with E-state index >= 15 is 0 Å². The van der Waals surface area contributed by atoms with Gasteiger partial charge in [-0.2, -0.15) is 5.10 Å². The second-order valence-corrected chi connectivity index (χ2v) is 7.67. The fraction of sp³-hybridized carbons (Fsp3) is 0.217. The number of nitrogens with zero attached hydrogens (tertiary/aromatic N) is 2. The lowest BCUT2D eigenvalue weighted by Crippen LogP contribution is -2.31.